The van der Waals surface area contributed by atoms with E-state index in [0.29, 0.717) is 19.3 Å². The number of hydrogen-bond acceptors (Lipinski definition) is 6. The number of allylic oxidation sites excluding steroid dienone is 14. The molecule has 0 aliphatic rings. The lowest BCUT2D eigenvalue weighted by Crippen LogP contribution is -2.30. The van der Waals surface area contributed by atoms with Gasteiger partial charge in [-0.2, -0.15) is 0 Å². The third-order valence-corrected chi connectivity index (χ3v) is 14.9. The van der Waals surface area contributed by atoms with Crippen molar-refractivity contribution in [3.8, 4) is 0 Å². The van der Waals surface area contributed by atoms with Gasteiger partial charge in [-0.15, -0.1) is 0 Å². The lowest BCUT2D eigenvalue weighted by Gasteiger charge is -2.18. The minimum Gasteiger partial charge on any atom is -0.462 e. The van der Waals surface area contributed by atoms with Crippen molar-refractivity contribution in [1.29, 1.82) is 0 Å². The Morgan fingerprint density at radius 1 is 0.266 bits per heavy atom. The summed E-state index contributed by atoms with van der Waals surface area (Å²) < 4.78 is 16.9. The summed E-state index contributed by atoms with van der Waals surface area (Å²) >= 11 is 0. The summed E-state index contributed by atoms with van der Waals surface area (Å²) in [5, 5.41) is 0. The zero-order chi connectivity index (χ0) is 57.1. The molecule has 0 heterocycles. The van der Waals surface area contributed by atoms with Gasteiger partial charge in [-0.05, 0) is 89.9 Å². The van der Waals surface area contributed by atoms with Crippen molar-refractivity contribution in [2.45, 2.75) is 348 Å². The lowest BCUT2D eigenvalue weighted by atomic mass is 10.0. The Labute approximate surface area is 490 Å². The van der Waals surface area contributed by atoms with Crippen molar-refractivity contribution in [3.05, 3.63) is 85.1 Å². The Bertz CT molecular complexity index is 1500. The molecule has 0 bridgehead atoms. The average Bonchev–Trinajstić information content (AvgIpc) is 3.45. The first kappa shape index (κ1) is 75.6. The predicted octanol–water partition coefficient (Wildman–Crippen LogP) is 23.4. The zero-order valence-electron chi connectivity index (χ0n) is 52.4. The molecule has 0 N–H and O–H groups in total. The molecule has 0 aromatic rings. The second kappa shape index (κ2) is 67.1. The quantitative estimate of drug-likeness (QED) is 0.0261. The van der Waals surface area contributed by atoms with Gasteiger partial charge in [0.1, 0.15) is 13.2 Å². The van der Waals surface area contributed by atoms with E-state index in [1.54, 1.807) is 0 Å². The minimum absolute atomic E-state index is 0.0761. The van der Waals surface area contributed by atoms with Crippen LogP contribution in [0.2, 0.25) is 0 Å². The first-order valence-electron chi connectivity index (χ1n) is 34.1. The molecule has 0 aromatic carbocycles. The molecule has 0 spiro atoms. The van der Waals surface area contributed by atoms with Crippen molar-refractivity contribution in [2.24, 2.45) is 0 Å². The van der Waals surface area contributed by atoms with Crippen LogP contribution in [-0.2, 0) is 28.6 Å². The molecule has 1 atom stereocenters. The maximum absolute atomic E-state index is 12.9. The summed E-state index contributed by atoms with van der Waals surface area (Å²) in [6.07, 6.45) is 89.0. The number of unbranched alkanes of at least 4 members (excludes halogenated alkanes) is 37. The number of rotatable bonds is 62. The zero-order valence-corrected chi connectivity index (χ0v) is 52.4. The fourth-order valence-electron chi connectivity index (χ4n) is 9.80. The molecular weight excluding hydrogens is 973 g/mol. The predicted molar refractivity (Wildman–Crippen MR) is 344 cm³/mol. The highest BCUT2D eigenvalue weighted by atomic mass is 16.6. The maximum Gasteiger partial charge on any atom is 0.306 e. The summed E-state index contributed by atoms with van der Waals surface area (Å²) in [6.45, 7) is 6.50. The highest BCUT2D eigenvalue weighted by Gasteiger charge is 2.19. The van der Waals surface area contributed by atoms with Gasteiger partial charge in [0.2, 0.25) is 0 Å². The van der Waals surface area contributed by atoms with Gasteiger partial charge in [-0.1, -0.05) is 318 Å². The van der Waals surface area contributed by atoms with Crippen LogP contribution in [0, 0.1) is 0 Å². The third-order valence-electron chi connectivity index (χ3n) is 14.9. The van der Waals surface area contributed by atoms with Crippen LogP contribution in [-0.4, -0.2) is 37.2 Å². The molecule has 0 saturated carbocycles. The second-order valence-electron chi connectivity index (χ2n) is 22.7. The summed E-state index contributed by atoms with van der Waals surface area (Å²) in [5.74, 6) is -0.872. The van der Waals surface area contributed by atoms with Crippen LogP contribution in [0.5, 0.6) is 0 Å². The number of esters is 3. The van der Waals surface area contributed by atoms with Crippen LogP contribution >= 0.6 is 0 Å². The van der Waals surface area contributed by atoms with E-state index >= 15 is 0 Å². The second-order valence-corrected chi connectivity index (χ2v) is 22.7. The summed E-state index contributed by atoms with van der Waals surface area (Å²) in [6, 6.07) is 0. The van der Waals surface area contributed by atoms with Crippen LogP contribution in [0.25, 0.3) is 0 Å². The Kier molecular flexibility index (Phi) is 64.2. The molecule has 0 amide bonds. The van der Waals surface area contributed by atoms with E-state index in [-0.39, 0.29) is 31.1 Å². The van der Waals surface area contributed by atoms with E-state index in [9.17, 15) is 14.4 Å². The van der Waals surface area contributed by atoms with Crippen molar-refractivity contribution in [1.82, 2.24) is 0 Å². The fraction of sp³-hybridized carbons (Fsp3) is 0.767. The van der Waals surface area contributed by atoms with Crippen LogP contribution < -0.4 is 0 Å². The number of ether oxygens (including phenoxy) is 3. The maximum atomic E-state index is 12.9. The van der Waals surface area contributed by atoms with Crippen LogP contribution in [0.15, 0.2) is 85.1 Å². The highest BCUT2D eigenvalue weighted by molar-refractivity contribution is 5.71. The molecule has 0 aromatic heterocycles. The van der Waals surface area contributed by atoms with Crippen molar-refractivity contribution in [2.75, 3.05) is 13.2 Å². The summed E-state index contributed by atoms with van der Waals surface area (Å²) in [7, 11) is 0. The smallest absolute Gasteiger partial charge is 0.306 e. The normalized spacial score (nSPS) is 12.6. The van der Waals surface area contributed by atoms with E-state index in [4.69, 9.17) is 14.2 Å². The molecule has 6 nitrogen and oxygen atoms in total. The van der Waals surface area contributed by atoms with Gasteiger partial charge in [0.05, 0.1) is 0 Å². The summed E-state index contributed by atoms with van der Waals surface area (Å²) in [4.78, 5) is 38.3. The molecule has 0 aliphatic heterocycles. The fourth-order valence-corrected chi connectivity index (χ4v) is 9.80. The average molecular weight is 1100 g/mol. The first-order chi connectivity index (χ1) is 39.0. The van der Waals surface area contributed by atoms with Crippen molar-refractivity contribution < 1.29 is 28.6 Å². The lowest BCUT2D eigenvalue weighted by molar-refractivity contribution is -0.167. The van der Waals surface area contributed by atoms with E-state index in [0.717, 1.165) is 109 Å². The van der Waals surface area contributed by atoms with E-state index in [1.807, 2.05) is 0 Å². The molecule has 456 valence electrons. The first-order valence-corrected chi connectivity index (χ1v) is 34.1. The molecule has 0 radical (unpaired) electrons. The van der Waals surface area contributed by atoms with Gasteiger partial charge in [0.25, 0.3) is 0 Å². The van der Waals surface area contributed by atoms with Gasteiger partial charge < -0.3 is 14.2 Å². The Morgan fingerprint density at radius 2 is 0.519 bits per heavy atom. The van der Waals surface area contributed by atoms with Crippen LogP contribution in [0.4, 0.5) is 0 Å². The monoisotopic (exact) mass is 1100 g/mol. The Hall–Kier alpha value is -3.41. The molecule has 0 aliphatic carbocycles. The SMILES string of the molecule is CC/C=C\C/C=C\C/C=C\C/C=C\C/C=C\C/C=C\CCCCCCCCCCCCCCC(=O)OCC(COC(=O)CCCCCCC/C=C\CCC)OC(=O)CCCCCCCCCCCCCCCCCCCCCC. The molecule has 79 heavy (non-hydrogen) atoms. The molecule has 0 fully saturated rings. The van der Waals surface area contributed by atoms with E-state index in [2.05, 4.69) is 106 Å². The van der Waals surface area contributed by atoms with Gasteiger partial charge in [0.15, 0.2) is 6.10 Å². The van der Waals surface area contributed by atoms with Gasteiger partial charge in [-0.25, -0.2) is 0 Å². The van der Waals surface area contributed by atoms with Crippen molar-refractivity contribution in [3.63, 3.8) is 0 Å². The van der Waals surface area contributed by atoms with Crippen molar-refractivity contribution >= 4 is 17.9 Å². The molecule has 1 unspecified atom stereocenters. The van der Waals surface area contributed by atoms with Crippen LogP contribution in [0.1, 0.15) is 342 Å². The Morgan fingerprint density at radius 3 is 0.835 bits per heavy atom. The number of carbonyl (C=O) groups excluding carboxylic acids is 3. The minimum atomic E-state index is -0.778. The largest absolute Gasteiger partial charge is 0.462 e. The molecular formula is C73H128O6. The van der Waals surface area contributed by atoms with Gasteiger partial charge in [-0.3, -0.25) is 14.4 Å². The van der Waals surface area contributed by atoms with Crippen LogP contribution in [0.3, 0.4) is 0 Å². The standard InChI is InChI=1S/C73H128O6/c1-4-7-10-13-16-19-22-24-26-28-30-32-33-34-35-36-37-38-39-40-41-42-44-45-47-49-51-54-57-60-63-66-72(75)78-69-70(68-77-71(74)65-62-59-56-53-21-18-15-12-9-6-3)79-73(76)67-64-61-58-55-52-50-48-46-43-31-29-27-25-23-20-17-14-11-8-5-2/h7,10,12,15-16,19,24,26,30,32,34-35,37-38,70H,4-6,8-9,11,13-14,17-18,20-23,25,27-29,31,33,36,39-69H2,1-3H3/b10-7-,15-12-,19-16-,26-24-,32-30-,35-34-,38-37-. The van der Waals surface area contributed by atoms with E-state index < -0.39 is 6.10 Å². The number of carbonyl (C=O) groups is 3. The summed E-state index contributed by atoms with van der Waals surface area (Å²) in [5.41, 5.74) is 0. The Balaban J connectivity index is 4.17. The topological polar surface area (TPSA) is 78.9 Å². The molecule has 6 heteroatoms. The van der Waals surface area contributed by atoms with E-state index in [1.165, 1.54) is 193 Å². The third kappa shape index (κ3) is 65.3. The highest BCUT2D eigenvalue weighted by Crippen LogP contribution is 2.18. The van der Waals surface area contributed by atoms with Gasteiger partial charge in [0, 0.05) is 19.3 Å². The molecule has 0 rings (SSSR count). The molecule has 0 saturated heterocycles. The van der Waals surface area contributed by atoms with Gasteiger partial charge >= 0.3 is 17.9 Å². The number of hydrogen-bond donors (Lipinski definition) is 0.